The molecule has 6 rings (SSSR count). The monoisotopic (exact) mass is 321 g/mol. The maximum absolute atomic E-state index is 11.6. The van der Waals surface area contributed by atoms with Crippen LogP contribution in [0, 0.1) is 0 Å². The standard InChI is InChI=1S/C18H15N3OS/c22-12-2-4-14-18(7-12)23-17-6-10(1-3-13(17)19-14)20-8-11-5-15-16(9-20)21(11)15/h1-4,6-7,11,15-16H,5,8-9H2/t11-,15?,16?,21?/m0/s1. The van der Waals surface area contributed by atoms with Gasteiger partial charge in [0, 0.05) is 43.0 Å². The first-order chi connectivity index (χ1) is 11.3. The third-order valence-electron chi connectivity index (χ3n) is 5.59. The minimum Gasteiger partial charge on any atom is -0.368 e. The van der Waals surface area contributed by atoms with Crippen molar-refractivity contribution in [3.05, 3.63) is 46.6 Å². The summed E-state index contributed by atoms with van der Waals surface area (Å²) in [5, 5.41) is 0. The predicted octanol–water partition coefficient (Wildman–Crippen LogP) is 2.41. The summed E-state index contributed by atoms with van der Waals surface area (Å²) in [5.41, 5.74) is 3.27. The van der Waals surface area contributed by atoms with E-state index in [4.69, 9.17) is 4.98 Å². The van der Waals surface area contributed by atoms with Gasteiger partial charge in [0.15, 0.2) is 5.43 Å². The first-order valence-electron chi connectivity index (χ1n) is 8.13. The molecule has 3 fully saturated rings. The Morgan fingerprint density at radius 3 is 2.96 bits per heavy atom. The summed E-state index contributed by atoms with van der Waals surface area (Å²) in [6, 6.07) is 14.1. The van der Waals surface area contributed by atoms with Crippen LogP contribution in [0.1, 0.15) is 6.42 Å². The van der Waals surface area contributed by atoms with Gasteiger partial charge in [0.2, 0.25) is 0 Å². The molecule has 3 saturated heterocycles. The van der Waals surface area contributed by atoms with Crippen molar-refractivity contribution in [1.29, 1.82) is 0 Å². The fourth-order valence-electron chi connectivity index (χ4n) is 4.38. The van der Waals surface area contributed by atoms with E-state index in [0.29, 0.717) is 0 Å². The summed E-state index contributed by atoms with van der Waals surface area (Å²) in [7, 11) is 0. The first kappa shape index (κ1) is 12.4. The van der Waals surface area contributed by atoms with E-state index in [1.807, 2.05) is 6.07 Å². The summed E-state index contributed by atoms with van der Waals surface area (Å²) in [6.45, 7) is 2.30. The molecule has 0 N–H and O–H groups in total. The van der Waals surface area contributed by atoms with E-state index in [2.05, 4.69) is 28.0 Å². The van der Waals surface area contributed by atoms with Crippen molar-refractivity contribution in [2.75, 3.05) is 18.0 Å². The lowest BCUT2D eigenvalue weighted by atomic mass is 10.1. The molecule has 0 saturated carbocycles. The number of aromatic nitrogens is 1. The van der Waals surface area contributed by atoms with Gasteiger partial charge in [0.25, 0.3) is 0 Å². The van der Waals surface area contributed by atoms with E-state index in [9.17, 15) is 4.79 Å². The van der Waals surface area contributed by atoms with Crippen molar-refractivity contribution in [2.45, 2.75) is 24.5 Å². The Hall–Kier alpha value is -1.98. The minimum atomic E-state index is 0.0516. The van der Waals surface area contributed by atoms with Crippen molar-refractivity contribution in [3.8, 4) is 10.6 Å². The third-order valence-corrected chi connectivity index (χ3v) is 6.69. The average molecular weight is 321 g/mol. The van der Waals surface area contributed by atoms with E-state index >= 15 is 0 Å². The van der Waals surface area contributed by atoms with Gasteiger partial charge in [0.1, 0.15) is 0 Å². The maximum atomic E-state index is 11.6. The molecule has 114 valence electrons. The maximum Gasteiger partial charge on any atom is 0.180 e. The summed E-state index contributed by atoms with van der Waals surface area (Å²) in [5.74, 6) is 0. The van der Waals surface area contributed by atoms with Crippen LogP contribution in [0.25, 0.3) is 20.8 Å². The van der Waals surface area contributed by atoms with Gasteiger partial charge in [0.05, 0.1) is 20.8 Å². The van der Waals surface area contributed by atoms with Gasteiger partial charge in [-0.3, -0.25) is 9.69 Å². The van der Waals surface area contributed by atoms with Crippen LogP contribution >= 0.6 is 11.3 Å². The Morgan fingerprint density at radius 2 is 2.04 bits per heavy atom. The fraction of sp³-hybridized carbons (Fsp3) is 0.333. The molecular formula is C18H15N3OS. The van der Waals surface area contributed by atoms with Crippen LogP contribution in [0.5, 0.6) is 0 Å². The molecule has 4 atom stereocenters. The van der Waals surface area contributed by atoms with Crippen LogP contribution in [-0.4, -0.2) is 41.1 Å². The molecule has 0 amide bonds. The molecule has 1 aliphatic carbocycles. The third kappa shape index (κ3) is 1.69. The van der Waals surface area contributed by atoms with Crippen LogP contribution in [-0.2, 0) is 0 Å². The van der Waals surface area contributed by atoms with E-state index in [-0.39, 0.29) is 5.43 Å². The van der Waals surface area contributed by atoms with Crippen LogP contribution < -0.4 is 10.3 Å². The second-order valence-corrected chi connectivity index (χ2v) is 7.96. The van der Waals surface area contributed by atoms with Gasteiger partial charge in [-0.1, -0.05) is 0 Å². The summed E-state index contributed by atoms with van der Waals surface area (Å²) in [6.07, 6.45) is 1.38. The summed E-state index contributed by atoms with van der Waals surface area (Å²) >= 11 is 1.67. The van der Waals surface area contributed by atoms with Crippen LogP contribution in [0.2, 0.25) is 0 Å². The molecule has 0 bridgehead atoms. The molecule has 1 aromatic rings. The van der Waals surface area contributed by atoms with Crippen LogP contribution in [0.4, 0.5) is 5.69 Å². The van der Waals surface area contributed by atoms with Gasteiger partial charge < -0.3 is 4.90 Å². The number of nitrogens with zero attached hydrogens (tertiary/aromatic N) is 3. The molecule has 1 aromatic carbocycles. The highest BCUT2D eigenvalue weighted by Gasteiger charge is 2.63. The van der Waals surface area contributed by atoms with E-state index in [1.54, 1.807) is 23.5 Å². The van der Waals surface area contributed by atoms with Gasteiger partial charge in [-0.05, 0) is 36.8 Å². The molecule has 3 unspecified atom stereocenters. The number of fused-ring (bicyclic) bond motifs is 3. The number of anilines is 1. The molecule has 4 aliphatic heterocycles. The molecule has 4 nitrogen and oxygen atoms in total. The topological polar surface area (TPSA) is 36.2 Å². The Labute approximate surface area is 137 Å². The number of benzene rings is 2. The Kier molecular flexibility index (Phi) is 2.22. The summed E-state index contributed by atoms with van der Waals surface area (Å²) < 4.78 is 1.16. The zero-order chi connectivity index (χ0) is 15.1. The van der Waals surface area contributed by atoms with Gasteiger partial charge in [-0.2, -0.15) is 0 Å². The van der Waals surface area contributed by atoms with E-state index in [0.717, 1.165) is 52.0 Å². The molecule has 4 heterocycles. The summed E-state index contributed by atoms with van der Waals surface area (Å²) in [4.78, 5) is 22.4. The smallest absolute Gasteiger partial charge is 0.180 e. The van der Waals surface area contributed by atoms with Gasteiger partial charge in [-0.15, -0.1) is 11.3 Å². The Morgan fingerprint density at radius 1 is 1.09 bits per heavy atom. The van der Waals surface area contributed by atoms with E-state index in [1.165, 1.54) is 12.1 Å². The van der Waals surface area contributed by atoms with Crippen molar-refractivity contribution in [3.63, 3.8) is 0 Å². The minimum absolute atomic E-state index is 0.0516. The van der Waals surface area contributed by atoms with Crippen molar-refractivity contribution >= 4 is 27.2 Å². The molecule has 5 aliphatic rings. The quantitative estimate of drug-likeness (QED) is 0.509. The second kappa shape index (κ2) is 4.10. The van der Waals surface area contributed by atoms with E-state index < -0.39 is 0 Å². The zero-order valence-corrected chi connectivity index (χ0v) is 13.3. The fourth-order valence-corrected chi connectivity index (χ4v) is 5.41. The lowest BCUT2D eigenvalue weighted by Crippen LogP contribution is -2.47. The van der Waals surface area contributed by atoms with Crippen molar-refractivity contribution < 1.29 is 0 Å². The second-order valence-electron chi connectivity index (χ2n) is 6.87. The van der Waals surface area contributed by atoms with Crippen molar-refractivity contribution in [2.24, 2.45) is 0 Å². The highest BCUT2D eigenvalue weighted by atomic mass is 32.1. The zero-order valence-electron chi connectivity index (χ0n) is 12.5. The van der Waals surface area contributed by atoms with Gasteiger partial charge >= 0.3 is 0 Å². The lowest BCUT2D eigenvalue weighted by molar-refractivity contribution is 0.231. The van der Waals surface area contributed by atoms with Crippen LogP contribution in [0.15, 0.2) is 41.2 Å². The molecule has 0 radical (unpaired) electrons. The highest BCUT2D eigenvalue weighted by molar-refractivity contribution is 7.21. The van der Waals surface area contributed by atoms with Crippen molar-refractivity contribution in [1.82, 2.24) is 9.88 Å². The predicted molar refractivity (Wildman–Crippen MR) is 92.5 cm³/mol. The first-order valence-corrected chi connectivity index (χ1v) is 8.95. The van der Waals surface area contributed by atoms with Crippen LogP contribution in [0.3, 0.4) is 0 Å². The number of piperazine rings is 1. The molecule has 0 aromatic heterocycles. The van der Waals surface area contributed by atoms with Gasteiger partial charge in [-0.25, -0.2) is 4.98 Å². The highest BCUT2D eigenvalue weighted by Crippen LogP contribution is 2.50. The molecular weight excluding hydrogens is 306 g/mol. The molecule has 23 heavy (non-hydrogen) atoms. The normalized spacial score (nSPS) is 31.0. The number of hydrogen-bond acceptors (Lipinski definition) is 5. The number of hydrogen-bond donors (Lipinski definition) is 0. The average Bonchev–Trinajstić information content (AvgIpc) is 3.20. The SMILES string of the molecule is O=c1ccc2nc3ccc(N4CC5C6C[C@@H](C4)N65)cc3sc-2c1. The Balaban J connectivity index is 1.46. The number of rotatable bonds is 1. The Bertz CT molecular complexity index is 975. The molecule has 0 spiro atoms. The molecule has 5 heteroatoms. The largest absolute Gasteiger partial charge is 0.368 e. The lowest BCUT2D eigenvalue weighted by Gasteiger charge is -2.36.